The van der Waals surface area contributed by atoms with Crippen LogP contribution in [0.3, 0.4) is 0 Å². The fraction of sp³-hybridized carbons (Fsp3) is 0.833. The molecule has 0 aromatic rings. The second kappa shape index (κ2) is 2.82. The molecule has 0 aliphatic rings. The summed E-state index contributed by atoms with van der Waals surface area (Å²) in [7, 11) is 0. The van der Waals surface area contributed by atoms with Crippen LogP contribution in [-0.2, 0) is 0 Å². The minimum absolute atomic E-state index is 0.632. The number of rotatable bonds is 3. The van der Waals surface area contributed by atoms with Crippen LogP contribution >= 0.6 is 0 Å². The van der Waals surface area contributed by atoms with Gasteiger partial charge in [0.15, 0.2) is 0 Å². The van der Waals surface area contributed by atoms with Crippen LogP contribution in [0.25, 0.3) is 0 Å². The van der Waals surface area contributed by atoms with Gasteiger partial charge in [-0.25, -0.2) is 0 Å². The Hall–Kier alpha value is -0.370. The number of nitrogens with one attached hydrogen (secondary N) is 1. The Labute approximate surface area is 50.0 Å². The van der Waals surface area contributed by atoms with E-state index < -0.39 is 5.60 Å². The largest absolute Gasteiger partial charge is 0.384 e. The number of aliphatic hydroxyl groups is 1. The van der Waals surface area contributed by atoms with Gasteiger partial charge in [0.05, 0.1) is 5.60 Å². The molecule has 0 aromatic heterocycles. The van der Waals surface area contributed by atoms with Gasteiger partial charge < -0.3 is 10.5 Å². The van der Waals surface area contributed by atoms with E-state index in [1.165, 1.54) is 0 Å². The zero-order valence-corrected chi connectivity index (χ0v) is 5.44. The molecule has 0 unspecified atom stereocenters. The van der Waals surface area contributed by atoms with E-state index in [9.17, 15) is 5.11 Å². The summed E-state index contributed by atoms with van der Waals surface area (Å²) >= 11 is 0. The maximum Gasteiger partial charge on any atom is 0.0984 e. The summed E-state index contributed by atoms with van der Waals surface area (Å²) in [6.07, 6.45) is 2.37. The highest BCUT2D eigenvalue weighted by atomic mass is 16.3. The Kier molecular flexibility index (Phi) is 2.69. The molecule has 0 saturated heterocycles. The van der Waals surface area contributed by atoms with Gasteiger partial charge >= 0.3 is 0 Å². The molecule has 0 atom stereocenters. The number of hydrogen-bond acceptors (Lipinski definition) is 2. The Morgan fingerprint density at radius 3 is 1.88 bits per heavy atom. The van der Waals surface area contributed by atoms with Gasteiger partial charge in [-0.1, -0.05) is 13.8 Å². The molecule has 0 aromatic carbocycles. The molecule has 0 saturated carbocycles. The Morgan fingerprint density at radius 1 is 1.50 bits per heavy atom. The molecule has 2 N–H and O–H groups in total. The van der Waals surface area contributed by atoms with E-state index in [1.807, 2.05) is 13.8 Å². The third-order valence-electron chi connectivity index (χ3n) is 1.49. The quantitative estimate of drug-likeness (QED) is 0.533. The lowest BCUT2D eigenvalue weighted by Crippen LogP contribution is -2.27. The molecule has 0 aliphatic heterocycles. The zero-order valence-electron chi connectivity index (χ0n) is 5.44. The standard InChI is InChI=1S/C6H13NO/c1-3-6(8,4-2)5-7/h5,7-8H,3-4H2,1-2H3. The van der Waals surface area contributed by atoms with Crippen molar-refractivity contribution in [2.45, 2.75) is 32.3 Å². The summed E-state index contributed by atoms with van der Waals surface area (Å²) in [5, 5.41) is 16.0. The van der Waals surface area contributed by atoms with Gasteiger partial charge in [-0.05, 0) is 12.8 Å². The van der Waals surface area contributed by atoms with E-state index in [0.29, 0.717) is 12.8 Å². The summed E-state index contributed by atoms with van der Waals surface area (Å²) in [5.74, 6) is 0. The maximum atomic E-state index is 9.19. The zero-order chi connectivity index (χ0) is 6.62. The maximum absolute atomic E-state index is 9.19. The van der Waals surface area contributed by atoms with Crippen molar-refractivity contribution < 1.29 is 5.11 Å². The summed E-state index contributed by atoms with van der Waals surface area (Å²) < 4.78 is 0. The third kappa shape index (κ3) is 1.62. The lowest BCUT2D eigenvalue weighted by molar-refractivity contribution is 0.108. The first-order valence-corrected chi connectivity index (χ1v) is 2.92. The van der Waals surface area contributed by atoms with E-state index in [1.54, 1.807) is 0 Å². The van der Waals surface area contributed by atoms with Crippen molar-refractivity contribution in [3.63, 3.8) is 0 Å². The molecule has 48 valence electrons. The van der Waals surface area contributed by atoms with Crippen LogP contribution in [0.4, 0.5) is 0 Å². The van der Waals surface area contributed by atoms with Gasteiger partial charge in [0.1, 0.15) is 0 Å². The minimum atomic E-state index is -0.833. The topological polar surface area (TPSA) is 44.1 Å². The molecule has 2 heteroatoms. The van der Waals surface area contributed by atoms with Crippen LogP contribution in [0.1, 0.15) is 26.7 Å². The minimum Gasteiger partial charge on any atom is -0.384 e. The molecular formula is C6H13NO. The summed E-state index contributed by atoms with van der Waals surface area (Å²) in [6.45, 7) is 3.74. The van der Waals surface area contributed by atoms with Crippen LogP contribution in [-0.4, -0.2) is 16.9 Å². The van der Waals surface area contributed by atoms with Gasteiger partial charge in [-0.3, -0.25) is 0 Å². The lowest BCUT2D eigenvalue weighted by Gasteiger charge is -2.17. The highest BCUT2D eigenvalue weighted by Crippen LogP contribution is 2.09. The van der Waals surface area contributed by atoms with Gasteiger partial charge in [0.25, 0.3) is 0 Å². The highest BCUT2D eigenvalue weighted by Gasteiger charge is 2.16. The first-order chi connectivity index (χ1) is 3.68. The summed E-state index contributed by atoms with van der Waals surface area (Å²) in [4.78, 5) is 0. The molecule has 2 nitrogen and oxygen atoms in total. The van der Waals surface area contributed by atoms with E-state index in [-0.39, 0.29) is 0 Å². The first kappa shape index (κ1) is 7.63. The van der Waals surface area contributed by atoms with Crippen molar-refractivity contribution in [1.82, 2.24) is 0 Å². The first-order valence-electron chi connectivity index (χ1n) is 2.92. The van der Waals surface area contributed by atoms with Gasteiger partial charge in [0.2, 0.25) is 0 Å². The van der Waals surface area contributed by atoms with Crippen LogP contribution in [0, 0.1) is 5.41 Å². The summed E-state index contributed by atoms with van der Waals surface area (Å²) in [5.41, 5.74) is -0.833. The van der Waals surface area contributed by atoms with Crippen molar-refractivity contribution in [3.8, 4) is 0 Å². The van der Waals surface area contributed by atoms with Gasteiger partial charge in [-0.15, -0.1) is 0 Å². The van der Waals surface area contributed by atoms with Crippen molar-refractivity contribution >= 4 is 6.21 Å². The van der Waals surface area contributed by atoms with E-state index in [0.717, 1.165) is 6.21 Å². The Balaban J connectivity index is 3.76. The normalized spacial score (nSPS) is 11.4. The van der Waals surface area contributed by atoms with Crippen LogP contribution in [0.2, 0.25) is 0 Å². The van der Waals surface area contributed by atoms with Gasteiger partial charge in [-0.2, -0.15) is 0 Å². The van der Waals surface area contributed by atoms with Crippen molar-refractivity contribution in [3.05, 3.63) is 0 Å². The van der Waals surface area contributed by atoms with Crippen LogP contribution in [0.5, 0.6) is 0 Å². The molecule has 0 bridgehead atoms. The fourth-order valence-corrected chi connectivity index (χ4v) is 0.454. The molecule has 0 spiro atoms. The monoisotopic (exact) mass is 115 g/mol. The highest BCUT2D eigenvalue weighted by molar-refractivity contribution is 5.64. The van der Waals surface area contributed by atoms with Crippen molar-refractivity contribution in [2.75, 3.05) is 0 Å². The molecule has 0 heterocycles. The van der Waals surface area contributed by atoms with Crippen molar-refractivity contribution in [1.29, 1.82) is 5.41 Å². The summed E-state index contributed by atoms with van der Waals surface area (Å²) in [6, 6.07) is 0. The third-order valence-corrected chi connectivity index (χ3v) is 1.49. The SMILES string of the molecule is CCC(O)(C=N)CC. The second-order valence-electron chi connectivity index (χ2n) is 1.96. The Bertz CT molecular complexity index is 76.6. The smallest absolute Gasteiger partial charge is 0.0984 e. The Morgan fingerprint density at radius 2 is 1.88 bits per heavy atom. The van der Waals surface area contributed by atoms with E-state index in [4.69, 9.17) is 5.41 Å². The van der Waals surface area contributed by atoms with E-state index in [2.05, 4.69) is 0 Å². The molecule has 0 radical (unpaired) electrons. The van der Waals surface area contributed by atoms with Crippen LogP contribution < -0.4 is 0 Å². The van der Waals surface area contributed by atoms with Gasteiger partial charge in [0, 0.05) is 6.21 Å². The van der Waals surface area contributed by atoms with E-state index >= 15 is 0 Å². The molecule has 0 aliphatic carbocycles. The predicted molar refractivity (Wildman–Crippen MR) is 34.3 cm³/mol. The lowest BCUT2D eigenvalue weighted by atomic mass is 10.00. The second-order valence-corrected chi connectivity index (χ2v) is 1.96. The molecule has 0 rings (SSSR count). The average Bonchev–Trinajstić information content (AvgIpc) is 1.87. The molecular weight excluding hydrogens is 102 g/mol. The molecule has 0 fully saturated rings. The molecule has 0 amide bonds. The fourth-order valence-electron chi connectivity index (χ4n) is 0.454. The predicted octanol–water partition coefficient (Wildman–Crippen LogP) is 1.19. The molecule has 8 heavy (non-hydrogen) atoms. The number of hydrogen-bond donors (Lipinski definition) is 2. The average molecular weight is 115 g/mol. The van der Waals surface area contributed by atoms with Crippen LogP contribution in [0.15, 0.2) is 0 Å². The van der Waals surface area contributed by atoms with Crippen molar-refractivity contribution in [2.24, 2.45) is 0 Å².